The second-order valence-electron chi connectivity index (χ2n) is 3.34. The van der Waals surface area contributed by atoms with Gasteiger partial charge in [-0.15, -0.1) is 0 Å². The van der Waals surface area contributed by atoms with Crippen LogP contribution in [0.2, 0.25) is 0 Å². The molecule has 0 amide bonds. The van der Waals surface area contributed by atoms with Crippen LogP contribution in [0.25, 0.3) is 0 Å². The molecule has 0 aliphatic rings. The molecule has 1 aromatic heterocycles. The second-order valence-corrected chi connectivity index (χ2v) is 3.34. The Morgan fingerprint density at radius 2 is 1.80 bits per heavy atom. The molecule has 0 saturated carbocycles. The van der Waals surface area contributed by atoms with E-state index in [1.165, 1.54) is 20.0 Å². The fraction of sp³-hybridized carbons (Fsp3) is 0.444. The number of aliphatic carboxylic acids is 2. The molecular weight excluding hydrogens is 200 g/mol. The molecule has 82 valence electrons. The van der Waals surface area contributed by atoms with Gasteiger partial charge in [0.25, 0.3) is 0 Å². The lowest BCUT2D eigenvalue weighted by molar-refractivity contribution is -0.139. The molecule has 6 nitrogen and oxygen atoms in total. The zero-order valence-corrected chi connectivity index (χ0v) is 8.39. The van der Waals surface area contributed by atoms with Crippen LogP contribution in [-0.4, -0.2) is 32.1 Å². The van der Waals surface area contributed by atoms with Crippen molar-refractivity contribution >= 4 is 11.9 Å². The highest BCUT2D eigenvalue weighted by molar-refractivity contribution is 5.76. The average Bonchev–Trinajstić information content (AvgIpc) is 2.63. The van der Waals surface area contributed by atoms with Crippen LogP contribution in [0, 0.1) is 0 Å². The molecule has 0 bridgehead atoms. The number of nitrogens with one attached hydrogen (secondary N) is 1. The lowest BCUT2D eigenvalue weighted by Crippen LogP contribution is -2.10. The summed E-state index contributed by atoms with van der Waals surface area (Å²) in [6.07, 6.45) is 1.35. The van der Waals surface area contributed by atoms with Crippen molar-refractivity contribution in [3.8, 4) is 0 Å². The predicted octanol–water partition coefficient (Wildman–Crippen LogP) is 0.786. The first-order valence-corrected chi connectivity index (χ1v) is 4.44. The van der Waals surface area contributed by atoms with Gasteiger partial charge < -0.3 is 15.2 Å². The molecule has 0 aliphatic carbocycles. The molecule has 0 saturated heterocycles. The third-order valence-electron chi connectivity index (χ3n) is 2.23. The van der Waals surface area contributed by atoms with Gasteiger partial charge in [-0.05, 0) is 13.8 Å². The number of rotatable bonds is 4. The Bertz CT molecular complexity index is 351. The van der Waals surface area contributed by atoms with Gasteiger partial charge >= 0.3 is 11.9 Å². The molecule has 0 aromatic carbocycles. The molecule has 0 radical (unpaired) electrons. The number of aromatic amines is 1. The van der Waals surface area contributed by atoms with Gasteiger partial charge in [0.05, 0.1) is 5.92 Å². The van der Waals surface area contributed by atoms with E-state index in [-0.39, 0.29) is 5.82 Å². The maximum absolute atomic E-state index is 10.6. The smallest absolute Gasteiger partial charge is 0.313 e. The predicted molar refractivity (Wildman–Crippen MR) is 50.7 cm³/mol. The van der Waals surface area contributed by atoms with Crippen LogP contribution < -0.4 is 0 Å². The zero-order chi connectivity index (χ0) is 11.6. The largest absolute Gasteiger partial charge is 0.481 e. The number of carboxylic acids is 2. The molecule has 1 heterocycles. The first kappa shape index (κ1) is 11.2. The Balaban J connectivity index is 2.89. The fourth-order valence-electron chi connectivity index (χ4n) is 1.04. The summed E-state index contributed by atoms with van der Waals surface area (Å²) in [6.45, 7) is 2.99. The molecule has 0 spiro atoms. The number of nitrogens with zero attached hydrogens (tertiary/aromatic N) is 1. The summed E-state index contributed by atoms with van der Waals surface area (Å²) in [5.74, 6) is -3.19. The standard InChI is InChI=1S/C9H12N2O4/c1-4(8(12)13)6-3-10-7(11-6)5(2)9(14)15/h3-5H,1-2H3,(H,10,11)(H,12,13)(H,14,15). The van der Waals surface area contributed by atoms with Crippen molar-refractivity contribution in [2.75, 3.05) is 0 Å². The third kappa shape index (κ3) is 2.34. The maximum Gasteiger partial charge on any atom is 0.313 e. The molecule has 1 rings (SSSR count). The summed E-state index contributed by atoms with van der Waals surface area (Å²) >= 11 is 0. The van der Waals surface area contributed by atoms with Gasteiger partial charge in [0, 0.05) is 11.9 Å². The van der Waals surface area contributed by atoms with Gasteiger partial charge in [-0.1, -0.05) is 0 Å². The first-order valence-electron chi connectivity index (χ1n) is 4.44. The molecule has 0 fully saturated rings. The van der Waals surface area contributed by atoms with E-state index < -0.39 is 23.8 Å². The minimum Gasteiger partial charge on any atom is -0.481 e. The van der Waals surface area contributed by atoms with E-state index in [9.17, 15) is 9.59 Å². The normalized spacial score (nSPS) is 14.5. The van der Waals surface area contributed by atoms with E-state index in [4.69, 9.17) is 10.2 Å². The highest BCUT2D eigenvalue weighted by Gasteiger charge is 2.21. The highest BCUT2D eigenvalue weighted by atomic mass is 16.4. The Labute approximate surface area is 86.0 Å². The summed E-state index contributed by atoms with van der Waals surface area (Å²) in [5, 5.41) is 17.4. The van der Waals surface area contributed by atoms with Crippen molar-refractivity contribution in [3.05, 3.63) is 17.7 Å². The van der Waals surface area contributed by atoms with Crippen molar-refractivity contribution in [2.24, 2.45) is 0 Å². The number of imidazole rings is 1. The van der Waals surface area contributed by atoms with Gasteiger partial charge in [-0.3, -0.25) is 9.59 Å². The van der Waals surface area contributed by atoms with E-state index >= 15 is 0 Å². The lowest BCUT2D eigenvalue weighted by Gasteiger charge is -2.03. The van der Waals surface area contributed by atoms with Gasteiger partial charge in [0.15, 0.2) is 0 Å². The number of H-pyrrole nitrogens is 1. The monoisotopic (exact) mass is 212 g/mol. The van der Waals surface area contributed by atoms with Gasteiger partial charge in [0.2, 0.25) is 0 Å². The second kappa shape index (κ2) is 4.12. The summed E-state index contributed by atoms with van der Waals surface area (Å²) in [4.78, 5) is 27.8. The van der Waals surface area contributed by atoms with Crippen LogP contribution in [0.15, 0.2) is 6.20 Å². The Morgan fingerprint density at radius 1 is 1.27 bits per heavy atom. The number of hydrogen-bond donors (Lipinski definition) is 3. The average molecular weight is 212 g/mol. The fourth-order valence-corrected chi connectivity index (χ4v) is 1.04. The molecule has 2 atom stereocenters. The van der Waals surface area contributed by atoms with Crippen LogP contribution in [0.1, 0.15) is 37.2 Å². The molecule has 1 aromatic rings. The number of carbonyl (C=O) groups is 2. The van der Waals surface area contributed by atoms with Crippen LogP contribution >= 0.6 is 0 Å². The van der Waals surface area contributed by atoms with E-state index in [1.807, 2.05) is 0 Å². The molecule has 6 heteroatoms. The Kier molecular flexibility index (Phi) is 3.08. The summed E-state index contributed by atoms with van der Waals surface area (Å²) in [5.41, 5.74) is 0.408. The lowest BCUT2D eigenvalue weighted by atomic mass is 10.1. The molecular formula is C9H12N2O4. The van der Waals surface area contributed by atoms with Crippen molar-refractivity contribution < 1.29 is 19.8 Å². The van der Waals surface area contributed by atoms with Crippen LogP contribution in [0.3, 0.4) is 0 Å². The summed E-state index contributed by atoms with van der Waals surface area (Å²) in [7, 11) is 0. The quantitative estimate of drug-likeness (QED) is 0.684. The van der Waals surface area contributed by atoms with Crippen molar-refractivity contribution in [3.63, 3.8) is 0 Å². The number of hydrogen-bond acceptors (Lipinski definition) is 3. The molecule has 3 N–H and O–H groups in total. The minimum absolute atomic E-state index is 0.269. The molecule has 0 aliphatic heterocycles. The first-order chi connectivity index (χ1) is 6.93. The van der Waals surface area contributed by atoms with Crippen molar-refractivity contribution in [2.45, 2.75) is 25.7 Å². The van der Waals surface area contributed by atoms with Crippen LogP contribution in [0.4, 0.5) is 0 Å². The van der Waals surface area contributed by atoms with E-state index in [2.05, 4.69) is 9.97 Å². The van der Waals surface area contributed by atoms with Crippen molar-refractivity contribution in [1.29, 1.82) is 0 Å². The zero-order valence-electron chi connectivity index (χ0n) is 8.39. The van der Waals surface area contributed by atoms with Crippen molar-refractivity contribution in [1.82, 2.24) is 9.97 Å². The Hall–Kier alpha value is -1.85. The molecule has 2 unspecified atom stereocenters. The SMILES string of the molecule is CC(C(=O)O)c1cnc(C(C)C(=O)O)[nH]1. The third-order valence-corrected chi connectivity index (χ3v) is 2.23. The van der Waals surface area contributed by atoms with Gasteiger partial charge in [-0.25, -0.2) is 4.98 Å². The van der Waals surface area contributed by atoms with E-state index in [0.717, 1.165) is 0 Å². The van der Waals surface area contributed by atoms with E-state index in [1.54, 1.807) is 0 Å². The maximum atomic E-state index is 10.6. The summed E-state index contributed by atoms with van der Waals surface area (Å²) < 4.78 is 0. The number of carboxylic acid groups (broad SMARTS) is 2. The Morgan fingerprint density at radius 3 is 2.27 bits per heavy atom. The topological polar surface area (TPSA) is 103 Å². The number of aromatic nitrogens is 2. The van der Waals surface area contributed by atoms with Gasteiger partial charge in [0.1, 0.15) is 11.7 Å². The van der Waals surface area contributed by atoms with E-state index in [0.29, 0.717) is 5.69 Å². The highest BCUT2D eigenvalue weighted by Crippen LogP contribution is 2.17. The van der Waals surface area contributed by atoms with Gasteiger partial charge in [-0.2, -0.15) is 0 Å². The molecule has 15 heavy (non-hydrogen) atoms. The minimum atomic E-state index is -1.00. The van der Waals surface area contributed by atoms with Crippen LogP contribution in [0.5, 0.6) is 0 Å². The summed E-state index contributed by atoms with van der Waals surface area (Å²) in [6, 6.07) is 0. The van der Waals surface area contributed by atoms with Crippen LogP contribution in [-0.2, 0) is 9.59 Å².